The van der Waals surface area contributed by atoms with Gasteiger partial charge in [-0.15, -0.1) is 0 Å². The number of aliphatic hydroxyl groups is 1. The first-order valence-corrected chi connectivity index (χ1v) is 10.0. The minimum Gasteiger partial charge on any atom is -0.391 e. The number of halogens is 2. The van der Waals surface area contributed by atoms with Crippen molar-refractivity contribution >= 4 is 23.4 Å². The molecule has 3 aromatic rings. The molecule has 168 valence electrons. The Labute approximate surface area is 183 Å². The fourth-order valence-electron chi connectivity index (χ4n) is 3.69. The number of aryl methyl sites for hydroxylation is 1. The zero-order chi connectivity index (χ0) is 23.0. The molecular weight excluding hydrogens is 420 g/mol. The predicted molar refractivity (Wildman–Crippen MR) is 114 cm³/mol. The van der Waals surface area contributed by atoms with E-state index in [0.29, 0.717) is 29.7 Å². The third-order valence-electron chi connectivity index (χ3n) is 5.27. The summed E-state index contributed by atoms with van der Waals surface area (Å²) in [4.78, 5) is 22.8. The maximum Gasteiger partial charge on any atom is 0.249 e. The van der Waals surface area contributed by atoms with E-state index in [2.05, 4.69) is 25.7 Å². The lowest BCUT2D eigenvalue weighted by atomic mass is 10.1. The van der Waals surface area contributed by atoms with Crippen LogP contribution in [0, 0.1) is 18.6 Å². The van der Waals surface area contributed by atoms with Gasteiger partial charge < -0.3 is 20.6 Å². The Balaban J connectivity index is 1.48. The number of hydrogen-bond acceptors (Lipinski definition) is 7. The molecule has 0 spiro atoms. The summed E-state index contributed by atoms with van der Waals surface area (Å²) in [5.74, 6) is -0.467. The van der Waals surface area contributed by atoms with E-state index in [1.165, 1.54) is 4.68 Å². The first-order valence-electron chi connectivity index (χ1n) is 10.0. The molecule has 0 unspecified atom stereocenters. The number of aromatic nitrogens is 4. The smallest absolute Gasteiger partial charge is 0.249 e. The number of rotatable bonds is 6. The van der Waals surface area contributed by atoms with E-state index in [9.17, 15) is 18.7 Å². The van der Waals surface area contributed by atoms with Gasteiger partial charge in [0.2, 0.25) is 11.9 Å². The average molecular weight is 443 g/mol. The quantitative estimate of drug-likeness (QED) is 0.535. The first kappa shape index (κ1) is 21.6. The number of amides is 1. The molecule has 32 heavy (non-hydrogen) atoms. The second-order valence-electron chi connectivity index (χ2n) is 7.75. The van der Waals surface area contributed by atoms with E-state index in [1.807, 2.05) is 0 Å². The zero-order valence-electron chi connectivity index (χ0n) is 17.8. The Bertz CT molecular complexity index is 1170. The number of likely N-dealkylation sites (N-methyl/N-ethyl adjacent to an activating group) is 1. The van der Waals surface area contributed by atoms with Gasteiger partial charge in [0.1, 0.15) is 23.4 Å². The third kappa shape index (κ3) is 4.24. The number of aliphatic hydroxyl groups excluding tert-OH is 1. The number of carbonyl (C=O) groups is 1. The Morgan fingerprint density at radius 3 is 2.84 bits per heavy atom. The van der Waals surface area contributed by atoms with E-state index in [4.69, 9.17) is 0 Å². The Hall–Kier alpha value is -3.60. The van der Waals surface area contributed by atoms with Crippen molar-refractivity contribution in [1.82, 2.24) is 19.7 Å². The summed E-state index contributed by atoms with van der Waals surface area (Å²) in [5, 5.41) is 20.0. The van der Waals surface area contributed by atoms with E-state index >= 15 is 0 Å². The van der Waals surface area contributed by atoms with Crippen molar-refractivity contribution in [3.63, 3.8) is 0 Å². The van der Waals surface area contributed by atoms with Crippen LogP contribution in [-0.4, -0.2) is 50.0 Å². The van der Waals surface area contributed by atoms with E-state index in [1.54, 1.807) is 38.2 Å². The van der Waals surface area contributed by atoms with Gasteiger partial charge >= 0.3 is 0 Å². The predicted octanol–water partition coefficient (Wildman–Crippen LogP) is 2.06. The Kier molecular flexibility index (Phi) is 5.74. The molecule has 9 nitrogen and oxygen atoms in total. The van der Waals surface area contributed by atoms with E-state index in [-0.39, 0.29) is 18.0 Å². The molecule has 1 amide bonds. The number of nitrogens with one attached hydrogen (secondary N) is 2. The topological polar surface area (TPSA) is 108 Å². The standard InChI is InChI=1S/C21H23F2N7O2/c1-11-17-19(29(3)18(12(2)31)20(32)27-17)28-21(26-11)24-7-13-8-25-30(9-13)10-14-6-15(22)4-5-16(14)23/h4-6,8-9,12,18,31H,7,10H2,1-3H3,(H,27,32)(H,24,26,28)/t12-,18-/m0/s1. The first-order chi connectivity index (χ1) is 15.2. The number of benzene rings is 1. The largest absolute Gasteiger partial charge is 0.391 e. The number of nitrogens with zero attached hydrogens (tertiary/aromatic N) is 5. The summed E-state index contributed by atoms with van der Waals surface area (Å²) in [5.41, 5.74) is 2.09. The van der Waals surface area contributed by atoms with Crippen molar-refractivity contribution in [3.8, 4) is 0 Å². The second kappa shape index (κ2) is 8.50. The van der Waals surface area contributed by atoms with E-state index in [0.717, 1.165) is 23.8 Å². The highest BCUT2D eigenvalue weighted by Gasteiger charge is 2.36. The molecule has 0 radical (unpaired) electrons. The van der Waals surface area contributed by atoms with Gasteiger partial charge in [-0.25, -0.2) is 13.8 Å². The van der Waals surface area contributed by atoms with Gasteiger partial charge in [0.05, 0.1) is 24.5 Å². The number of anilines is 3. The molecule has 0 fully saturated rings. The monoisotopic (exact) mass is 443 g/mol. The molecule has 1 aromatic carbocycles. The molecule has 3 N–H and O–H groups in total. The van der Waals surface area contributed by atoms with E-state index < -0.39 is 23.8 Å². The molecule has 2 atom stereocenters. The van der Waals surface area contributed by atoms with Crippen LogP contribution in [0.5, 0.6) is 0 Å². The SMILES string of the molecule is Cc1nc(NCc2cnn(Cc3cc(F)ccc3F)c2)nc2c1NC(=O)[C@H]([C@H](C)O)N2C. The highest BCUT2D eigenvalue weighted by molar-refractivity contribution is 6.03. The van der Waals surface area contributed by atoms with Crippen LogP contribution in [0.25, 0.3) is 0 Å². The maximum absolute atomic E-state index is 13.9. The van der Waals surface area contributed by atoms with Gasteiger partial charge in [-0.3, -0.25) is 9.48 Å². The van der Waals surface area contributed by atoms with Gasteiger partial charge in [0, 0.05) is 30.9 Å². The average Bonchev–Trinajstić information content (AvgIpc) is 3.17. The van der Waals surface area contributed by atoms with Gasteiger partial charge in [0.25, 0.3) is 0 Å². The molecule has 0 saturated heterocycles. The molecule has 1 aliphatic rings. The van der Waals surface area contributed by atoms with Crippen molar-refractivity contribution in [2.24, 2.45) is 0 Å². The van der Waals surface area contributed by atoms with Crippen LogP contribution in [0.15, 0.2) is 30.6 Å². The Morgan fingerprint density at radius 1 is 1.31 bits per heavy atom. The lowest BCUT2D eigenvalue weighted by molar-refractivity contribution is -0.119. The minimum atomic E-state index is -0.881. The molecule has 0 bridgehead atoms. The van der Waals surface area contributed by atoms with Gasteiger partial charge in [-0.1, -0.05) is 0 Å². The van der Waals surface area contributed by atoms with Crippen molar-refractivity contribution < 1.29 is 18.7 Å². The molecule has 2 aromatic heterocycles. The van der Waals surface area contributed by atoms with Crippen molar-refractivity contribution in [3.05, 3.63) is 59.0 Å². The van der Waals surface area contributed by atoms with Crippen LogP contribution >= 0.6 is 0 Å². The zero-order valence-corrected chi connectivity index (χ0v) is 17.8. The van der Waals surface area contributed by atoms with Crippen LogP contribution in [-0.2, 0) is 17.9 Å². The molecule has 11 heteroatoms. The lowest BCUT2D eigenvalue weighted by Crippen LogP contribution is -2.52. The fourth-order valence-corrected chi connectivity index (χ4v) is 3.69. The van der Waals surface area contributed by atoms with Gasteiger partial charge in [-0.05, 0) is 32.0 Å². The molecule has 0 aliphatic carbocycles. The number of fused-ring (bicyclic) bond motifs is 1. The molecule has 4 rings (SSSR count). The Morgan fingerprint density at radius 2 is 2.09 bits per heavy atom. The minimum absolute atomic E-state index is 0.100. The maximum atomic E-state index is 13.9. The third-order valence-corrected chi connectivity index (χ3v) is 5.27. The summed E-state index contributed by atoms with van der Waals surface area (Å²) in [7, 11) is 1.70. The van der Waals surface area contributed by atoms with Crippen LogP contribution in [0.2, 0.25) is 0 Å². The molecule has 1 aliphatic heterocycles. The normalized spacial score (nSPS) is 16.5. The number of hydrogen-bond donors (Lipinski definition) is 3. The summed E-state index contributed by atoms with van der Waals surface area (Å²) in [6.45, 7) is 3.75. The number of carbonyl (C=O) groups excluding carboxylic acids is 1. The summed E-state index contributed by atoms with van der Waals surface area (Å²) in [6.07, 6.45) is 2.46. The fraction of sp³-hybridized carbons (Fsp3) is 0.333. The van der Waals surface area contributed by atoms with Crippen LogP contribution in [0.3, 0.4) is 0 Å². The van der Waals surface area contributed by atoms with Gasteiger partial charge in [-0.2, -0.15) is 10.1 Å². The summed E-state index contributed by atoms with van der Waals surface area (Å²) < 4.78 is 28.7. The molecule has 0 saturated carbocycles. The highest BCUT2D eigenvalue weighted by Crippen LogP contribution is 2.33. The molecular formula is C21H23F2N7O2. The van der Waals surface area contributed by atoms with Crippen molar-refractivity contribution in [1.29, 1.82) is 0 Å². The van der Waals surface area contributed by atoms with Crippen LogP contribution < -0.4 is 15.5 Å². The molecule has 3 heterocycles. The second-order valence-corrected chi connectivity index (χ2v) is 7.75. The van der Waals surface area contributed by atoms with Gasteiger partial charge in [0.15, 0.2) is 5.82 Å². The highest BCUT2D eigenvalue weighted by atomic mass is 19.1. The van der Waals surface area contributed by atoms with Crippen molar-refractivity contribution in [2.75, 3.05) is 22.6 Å². The van der Waals surface area contributed by atoms with Crippen LogP contribution in [0.1, 0.15) is 23.7 Å². The van der Waals surface area contributed by atoms with Crippen LogP contribution in [0.4, 0.5) is 26.2 Å². The lowest BCUT2D eigenvalue weighted by Gasteiger charge is -2.36. The summed E-state index contributed by atoms with van der Waals surface area (Å²) >= 11 is 0. The summed E-state index contributed by atoms with van der Waals surface area (Å²) in [6, 6.07) is 2.55. The van der Waals surface area contributed by atoms with Crippen molar-refractivity contribution in [2.45, 2.75) is 39.1 Å².